The number of carbonyl (C=O) groups excluding carboxylic acids is 1. The number of hydrogen-bond donors (Lipinski definition) is 2. The summed E-state index contributed by atoms with van der Waals surface area (Å²) in [6, 6.07) is 5.41. The molecular weight excluding hydrogens is 276 g/mol. The van der Waals surface area contributed by atoms with E-state index < -0.39 is 10.8 Å². The average Bonchev–Trinajstić information content (AvgIpc) is 2.82. The van der Waals surface area contributed by atoms with Gasteiger partial charge >= 0.3 is 0 Å². The molecule has 1 aromatic carbocycles. The lowest BCUT2D eigenvalue weighted by molar-refractivity contribution is -0.384. The Morgan fingerprint density at radius 3 is 2.81 bits per heavy atom. The van der Waals surface area contributed by atoms with E-state index in [1.165, 1.54) is 22.9 Å². The number of anilines is 1. The fourth-order valence-electron chi connectivity index (χ4n) is 1.90. The van der Waals surface area contributed by atoms with Gasteiger partial charge in [-0.1, -0.05) is 13.0 Å². The number of amides is 1. The lowest BCUT2D eigenvalue weighted by Crippen LogP contribution is -2.17. The Balaban J connectivity index is 2.35. The zero-order valence-corrected chi connectivity index (χ0v) is 11.5. The number of rotatable bonds is 4. The van der Waals surface area contributed by atoms with Crippen LogP contribution in [0.15, 0.2) is 24.3 Å². The number of benzene rings is 1. The predicted octanol–water partition coefficient (Wildman–Crippen LogP) is 1.85. The fourth-order valence-corrected chi connectivity index (χ4v) is 1.90. The largest absolute Gasteiger partial charge is 0.505 e. The SMILES string of the molecule is CCc1cc(C(=O)Nc2c(O)cccc2[N+](=O)[O-])n(C)n1. The summed E-state index contributed by atoms with van der Waals surface area (Å²) in [7, 11) is 1.60. The summed E-state index contributed by atoms with van der Waals surface area (Å²) in [5, 5.41) is 27.1. The molecule has 2 aromatic rings. The molecule has 0 spiro atoms. The van der Waals surface area contributed by atoms with E-state index in [0.29, 0.717) is 6.42 Å². The normalized spacial score (nSPS) is 10.4. The van der Waals surface area contributed by atoms with Crippen LogP contribution in [-0.2, 0) is 13.5 Å². The zero-order chi connectivity index (χ0) is 15.6. The van der Waals surface area contributed by atoms with Gasteiger partial charge in [0, 0.05) is 13.1 Å². The molecule has 1 aromatic heterocycles. The summed E-state index contributed by atoms with van der Waals surface area (Å²) < 4.78 is 1.39. The number of nitrogens with zero attached hydrogens (tertiary/aromatic N) is 3. The van der Waals surface area contributed by atoms with Gasteiger partial charge in [0.25, 0.3) is 11.6 Å². The summed E-state index contributed by atoms with van der Waals surface area (Å²) >= 11 is 0. The van der Waals surface area contributed by atoms with E-state index in [-0.39, 0.29) is 22.8 Å². The average molecular weight is 290 g/mol. The lowest BCUT2D eigenvalue weighted by atomic mass is 10.2. The second kappa shape index (κ2) is 5.61. The second-order valence-electron chi connectivity index (χ2n) is 4.38. The Hall–Kier alpha value is -2.90. The van der Waals surface area contributed by atoms with Crippen LogP contribution in [-0.4, -0.2) is 25.7 Å². The van der Waals surface area contributed by atoms with Crippen molar-refractivity contribution >= 4 is 17.3 Å². The van der Waals surface area contributed by atoms with E-state index in [1.54, 1.807) is 13.1 Å². The van der Waals surface area contributed by atoms with Crippen molar-refractivity contribution in [2.45, 2.75) is 13.3 Å². The van der Waals surface area contributed by atoms with Crippen LogP contribution in [0.4, 0.5) is 11.4 Å². The monoisotopic (exact) mass is 290 g/mol. The second-order valence-corrected chi connectivity index (χ2v) is 4.38. The first-order chi connectivity index (χ1) is 9.93. The highest BCUT2D eigenvalue weighted by Crippen LogP contribution is 2.33. The van der Waals surface area contributed by atoms with Crippen molar-refractivity contribution in [2.75, 3.05) is 5.32 Å². The Bertz CT molecular complexity index is 708. The first-order valence-corrected chi connectivity index (χ1v) is 6.24. The summed E-state index contributed by atoms with van der Waals surface area (Å²) in [5.74, 6) is -0.940. The number of aromatic nitrogens is 2. The van der Waals surface area contributed by atoms with Crippen LogP contribution in [0.5, 0.6) is 5.75 Å². The van der Waals surface area contributed by atoms with Crippen molar-refractivity contribution in [1.82, 2.24) is 9.78 Å². The Morgan fingerprint density at radius 2 is 2.24 bits per heavy atom. The molecule has 1 amide bonds. The van der Waals surface area contributed by atoms with Crippen molar-refractivity contribution in [3.8, 4) is 5.75 Å². The maximum atomic E-state index is 12.2. The number of hydrogen-bond acceptors (Lipinski definition) is 5. The predicted molar refractivity (Wildman–Crippen MR) is 75.3 cm³/mol. The van der Waals surface area contributed by atoms with Crippen molar-refractivity contribution in [2.24, 2.45) is 7.05 Å². The molecule has 0 bridgehead atoms. The van der Waals surface area contributed by atoms with Gasteiger partial charge in [0.15, 0.2) is 5.69 Å². The van der Waals surface area contributed by atoms with Gasteiger partial charge in [-0.05, 0) is 18.6 Å². The molecule has 0 unspecified atom stereocenters. The van der Waals surface area contributed by atoms with Gasteiger partial charge in [0.05, 0.1) is 10.6 Å². The van der Waals surface area contributed by atoms with Gasteiger partial charge in [-0.15, -0.1) is 0 Å². The third kappa shape index (κ3) is 2.83. The van der Waals surface area contributed by atoms with Gasteiger partial charge in [-0.25, -0.2) is 0 Å². The standard InChI is InChI=1S/C13H14N4O4/c1-3-8-7-10(16(2)15-8)13(19)14-12-9(17(20)21)5-4-6-11(12)18/h4-7,18H,3H2,1-2H3,(H,14,19). The quantitative estimate of drug-likeness (QED) is 0.507. The lowest BCUT2D eigenvalue weighted by Gasteiger charge is -2.07. The van der Waals surface area contributed by atoms with Gasteiger partial charge in [-0.3, -0.25) is 19.6 Å². The summed E-state index contributed by atoms with van der Waals surface area (Å²) in [6.45, 7) is 1.90. The Labute approximate surface area is 120 Å². The number of phenols is 1. The van der Waals surface area contributed by atoms with Gasteiger partial charge in [0.2, 0.25) is 0 Å². The summed E-state index contributed by atoms with van der Waals surface area (Å²) in [4.78, 5) is 22.4. The van der Waals surface area contributed by atoms with Gasteiger partial charge in [-0.2, -0.15) is 5.10 Å². The van der Waals surface area contributed by atoms with Crippen molar-refractivity contribution < 1.29 is 14.8 Å². The molecule has 0 atom stereocenters. The molecule has 8 heteroatoms. The van der Waals surface area contributed by atoms with Crippen molar-refractivity contribution in [3.05, 3.63) is 45.8 Å². The number of nitrogens with one attached hydrogen (secondary N) is 1. The van der Waals surface area contributed by atoms with Crippen LogP contribution in [0.3, 0.4) is 0 Å². The molecule has 0 saturated carbocycles. The first kappa shape index (κ1) is 14.5. The van der Waals surface area contributed by atoms with Crippen LogP contribution in [0.1, 0.15) is 23.1 Å². The fraction of sp³-hybridized carbons (Fsp3) is 0.231. The van der Waals surface area contributed by atoms with Crippen LogP contribution in [0.2, 0.25) is 0 Å². The van der Waals surface area contributed by atoms with Crippen LogP contribution < -0.4 is 5.32 Å². The van der Waals surface area contributed by atoms with E-state index >= 15 is 0 Å². The minimum atomic E-state index is -0.671. The minimum Gasteiger partial charge on any atom is -0.505 e. The van der Waals surface area contributed by atoms with Crippen molar-refractivity contribution in [3.63, 3.8) is 0 Å². The summed E-state index contributed by atoms with van der Waals surface area (Å²) in [5.41, 5.74) is 0.381. The molecule has 2 N–H and O–H groups in total. The van der Waals surface area contributed by atoms with Crippen LogP contribution in [0.25, 0.3) is 0 Å². The number of aryl methyl sites for hydroxylation is 2. The number of aromatic hydroxyl groups is 1. The zero-order valence-electron chi connectivity index (χ0n) is 11.5. The minimum absolute atomic E-state index is 0.230. The molecule has 0 aliphatic rings. The smallest absolute Gasteiger partial charge is 0.296 e. The molecule has 0 aliphatic heterocycles. The molecule has 0 aliphatic carbocycles. The van der Waals surface area contributed by atoms with E-state index in [9.17, 15) is 20.0 Å². The van der Waals surface area contributed by atoms with E-state index in [0.717, 1.165) is 5.69 Å². The Morgan fingerprint density at radius 1 is 1.52 bits per heavy atom. The Kier molecular flexibility index (Phi) is 3.88. The highest BCUT2D eigenvalue weighted by atomic mass is 16.6. The van der Waals surface area contributed by atoms with E-state index in [4.69, 9.17) is 0 Å². The number of phenolic OH excluding ortho intramolecular Hbond substituents is 1. The third-order valence-corrected chi connectivity index (χ3v) is 2.98. The van der Waals surface area contributed by atoms with E-state index in [1.807, 2.05) is 6.92 Å². The molecule has 1 heterocycles. The van der Waals surface area contributed by atoms with Gasteiger partial charge in [0.1, 0.15) is 11.4 Å². The molecule has 110 valence electrons. The van der Waals surface area contributed by atoms with E-state index in [2.05, 4.69) is 10.4 Å². The third-order valence-electron chi connectivity index (χ3n) is 2.98. The maximum Gasteiger partial charge on any atom is 0.296 e. The highest BCUT2D eigenvalue weighted by molar-refractivity contribution is 6.05. The molecule has 0 radical (unpaired) electrons. The molecule has 21 heavy (non-hydrogen) atoms. The number of nitro groups is 1. The summed E-state index contributed by atoms with van der Waals surface area (Å²) in [6.07, 6.45) is 0.665. The molecule has 8 nitrogen and oxygen atoms in total. The van der Waals surface area contributed by atoms with Crippen LogP contribution in [0, 0.1) is 10.1 Å². The highest BCUT2D eigenvalue weighted by Gasteiger charge is 2.21. The van der Waals surface area contributed by atoms with Crippen LogP contribution >= 0.6 is 0 Å². The molecular formula is C13H14N4O4. The number of carbonyl (C=O) groups is 1. The molecule has 0 saturated heterocycles. The molecule has 2 rings (SSSR count). The topological polar surface area (TPSA) is 110 Å². The van der Waals surface area contributed by atoms with Crippen molar-refractivity contribution in [1.29, 1.82) is 0 Å². The number of nitro benzene ring substituents is 1. The number of para-hydroxylation sites is 1. The first-order valence-electron chi connectivity index (χ1n) is 6.24. The molecule has 0 fully saturated rings. The van der Waals surface area contributed by atoms with Gasteiger partial charge < -0.3 is 10.4 Å². The maximum absolute atomic E-state index is 12.2.